The number of hydrogen-bond donors (Lipinski definition) is 3. The van der Waals surface area contributed by atoms with Gasteiger partial charge in [-0.2, -0.15) is 0 Å². The van der Waals surface area contributed by atoms with Crippen molar-refractivity contribution in [1.29, 1.82) is 0 Å². The van der Waals surface area contributed by atoms with Crippen molar-refractivity contribution in [2.24, 2.45) is 14.1 Å². The number of benzene rings is 4. The van der Waals surface area contributed by atoms with E-state index in [1.54, 1.807) is 35.4 Å². The highest BCUT2D eigenvalue weighted by Gasteiger charge is 2.23. The molecule has 0 unspecified atom stereocenters. The largest absolute Gasteiger partial charge is 0.478 e. The molecule has 6 rings (SSSR count). The van der Waals surface area contributed by atoms with E-state index in [9.17, 15) is 23.5 Å². The Morgan fingerprint density at radius 1 is 0.766 bits per heavy atom. The van der Waals surface area contributed by atoms with Crippen LogP contribution in [0.1, 0.15) is 31.8 Å². The van der Waals surface area contributed by atoms with E-state index in [1.165, 1.54) is 25.8 Å². The Hall–Kier alpha value is -4.32. The maximum absolute atomic E-state index is 15.0. The molecule has 0 aliphatic heterocycles. The Labute approximate surface area is 295 Å². The number of nitrogens with one attached hydrogen (secondary N) is 2. The molecule has 10 nitrogen and oxygen atoms in total. The molecule has 0 saturated heterocycles. The predicted molar refractivity (Wildman–Crippen MR) is 194 cm³/mol. The first kappa shape index (κ1) is 34.0. The van der Waals surface area contributed by atoms with Gasteiger partial charge in [-0.1, -0.05) is 0 Å². The summed E-state index contributed by atoms with van der Waals surface area (Å²) in [4.78, 5) is 31.8. The van der Waals surface area contributed by atoms with Gasteiger partial charge in [-0.15, -0.1) is 0 Å². The Bertz CT molecular complexity index is 2200. The Balaban J connectivity index is 0.000000185. The lowest BCUT2D eigenvalue weighted by atomic mass is 10.1. The number of hydrogen-bond acceptors (Lipinski definition) is 7. The molecule has 242 valence electrons. The average Bonchev–Trinajstić information content (AvgIpc) is 3.59. The van der Waals surface area contributed by atoms with Crippen molar-refractivity contribution in [2.75, 3.05) is 17.7 Å². The monoisotopic (exact) mass is 864 g/mol. The molecule has 6 aromatic rings. The number of halogens is 4. The summed E-state index contributed by atoms with van der Waals surface area (Å²) in [6.45, 7) is 3.79. The molecular formula is C33H28F2I2N6O4. The second-order valence-corrected chi connectivity index (χ2v) is 13.1. The number of aryl methyl sites for hydroxylation is 4. The first-order valence-electron chi connectivity index (χ1n) is 14.0. The number of carbonyl (C=O) groups is 2. The highest BCUT2D eigenvalue weighted by atomic mass is 127. The highest BCUT2D eigenvalue weighted by Crippen LogP contribution is 2.34. The summed E-state index contributed by atoms with van der Waals surface area (Å²) in [5.74, 6) is -3.05. The van der Waals surface area contributed by atoms with E-state index in [1.807, 2.05) is 44.2 Å². The third-order valence-electron chi connectivity index (χ3n) is 7.45. The fourth-order valence-electron chi connectivity index (χ4n) is 4.94. The molecule has 14 heteroatoms. The molecule has 0 amide bonds. The summed E-state index contributed by atoms with van der Waals surface area (Å²) in [7, 11) is 4.70. The zero-order valence-corrected chi connectivity index (χ0v) is 30.1. The van der Waals surface area contributed by atoms with Crippen LogP contribution in [-0.2, 0) is 18.8 Å². The maximum Gasteiger partial charge on any atom is 0.340 e. The number of methoxy groups -OCH3 is 1. The lowest BCUT2D eigenvalue weighted by Crippen LogP contribution is -2.09. The van der Waals surface area contributed by atoms with Crippen molar-refractivity contribution < 1.29 is 28.2 Å². The molecule has 0 saturated carbocycles. The zero-order valence-electron chi connectivity index (χ0n) is 25.7. The molecule has 0 fully saturated rings. The second-order valence-electron chi connectivity index (χ2n) is 10.6. The molecule has 0 aliphatic rings. The highest BCUT2D eigenvalue weighted by molar-refractivity contribution is 14.1. The minimum atomic E-state index is -1.20. The van der Waals surface area contributed by atoms with Crippen LogP contribution in [0.15, 0.2) is 61.2 Å². The summed E-state index contributed by atoms with van der Waals surface area (Å²) >= 11 is 4.39. The van der Waals surface area contributed by atoms with Gasteiger partial charge in [-0.3, -0.25) is 0 Å². The number of esters is 1. The van der Waals surface area contributed by atoms with E-state index in [-0.39, 0.29) is 33.5 Å². The first-order chi connectivity index (χ1) is 22.3. The standard InChI is InChI=1S/C17H15FIN3O2.C16H13FIN3O2/c1-9-6-10(19)4-5-12(9)21-15-11(17(23)24-3)7-13-16(14(15)18)20-8-22(13)2;1-8-5-9(18)3-4-11(8)20-14-10(16(22)23)6-12-15(13(14)17)19-7-21(12)2/h4-8,21H,1-3H3;3-7,20H,1-2H3,(H,22,23). The van der Waals surface area contributed by atoms with Crippen molar-refractivity contribution in [3.63, 3.8) is 0 Å². The number of aromatic nitrogens is 4. The molecule has 0 bridgehead atoms. The summed E-state index contributed by atoms with van der Waals surface area (Å²) in [6.07, 6.45) is 2.97. The summed E-state index contributed by atoms with van der Waals surface area (Å²) in [5, 5.41) is 15.4. The van der Waals surface area contributed by atoms with Crippen LogP contribution >= 0.6 is 45.2 Å². The van der Waals surface area contributed by atoms with Crippen LogP contribution in [0.25, 0.3) is 22.1 Å². The average molecular weight is 864 g/mol. The molecule has 2 heterocycles. The minimum absolute atomic E-state index is 0.0670. The maximum atomic E-state index is 15.0. The number of anilines is 4. The van der Waals surface area contributed by atoms with E-state index in [4.69, 9.17) is 4.74 Å². The molecule has 4 aromatic carbocycles. The van der Waals surface area contributed by atoms with Crippen LogP contribution in [0.4, 0.5) is 31.5 Å². The van der Waals surface area contributed by atoms with E-state index >= 15 is 0 Å². The fourth-order valence-corrected chi connectivity index (χ4v) is 6.23. The molecule has 0 atom stereocenters. The summed E-state index contributed by atoms with van der Waals surface area (Å²) in [5.41, 5.74) is 4.51. The topological polar surface area (TPSA) is 123 Å². The van der Waals surface area contributed by atoms with Crippen molar-refractivity contribution in [2.45, 2.75) is 13.8 Å². The van der Waals surface area contributed by atoms with E-state index in [0.29, 0.717) is 16.7 Å². The van der Waals surface area contributed by atoms with E-state index in [0.717, 1.165) is 24.0 Å². The van der Waals surface area contributed by atoms with Gasteiger partial charge in [-0.05, 0) is 119 Å². The van der Waals surface area contributed by atoms with Gasteiger partial charge in [0.25, 0.3) is 0 Å². The lowest BCUT2D eigenvalue weighted by molar-refractivity contribution is 0.0600. The number of carboxylic acid groups (broad SMARTS) is 1. The van der Waals surface area contributed by atoms with Crippen LogP contribution in [0.3, 0.4) is 0 Å². The van der Waals surface area contributed by atoms with Gasteiger partial charge >= 0.3 is 11.9 Å². The SMILES string of the molecule is COC(=O)c1cc2c(ncn2C)c(F)c1Nc1ccc(I)cc1C.Cc1cc(I)ccc1Nc1c(C(=O)O)cc2c(ncn2C)c1F. The molecule has 0 spiro atoms. The molecule has 2 aromatic heterocycles. The molecule has 3 N–H and O–H groups in total. The number of nitrogens with zero attached hydrogens (tertiary/aromatic N) is 4. The molecule has 0 aliphatic carbocycles. The van der Waals surface area contributed by atoms with Crippen molar-refractivity contribution in [1.82, 2.24) is 19.1 Å². The zero-order chi connectivity index (χ0) is 34.2. The number of fused-ring (bicyclic) bond motifs is 2. The quantitative estimate of drug-likeness (QED) is 0.113. The Kier molecular flexibility index (Phi) is 10.00. The predicted octanol–water partition coefficient (Wildman–Crippen LogP) is 8.22. The Morgan fingerprint density at radius 3 is 1.60 bits per heavy atom. The molecule has 47 heavy (non-hydrogen) atoms. The smallest absolute Gasteiger partial charge is 0.340 e. The van der Waals surface area contributed by atoms with Gasteiger partial charge in [0.05, 0.1) is 53.3 Å². The van der Waals surface area contributed by atoms with E-state index < -0.39 is 23.6 Å². The summed E-state index contributed by atoms with van der Waals surface area (Å²) < 4.78 is 40.0. The normalized spacial score (nSPS) is 10.9. The third-order valence-corrected chi connectivity index (χ3v) is 8.79. The van der Waals surface area contributed by atoms with Crippen molar-refractivity contribution in [3.8, 4) is 0 Å². The molecular weight excluding hydrogens is 836 g/mol. The van der Waals surface area contributed by atoms with E-state index in [2.05, 4.69) is 65.8 Å². The molecule has 0 radical (unpaired) electrons. The van der Waals surface area contributed by atoms with Gasteiger partial charge in [0.15, 0.2) is 11.6 Å². The Morgan fingerprint density at radius 2 is 1.19 bits per heavy atom. The van der Waals surface area contributed by atoms with Gasteiger partial charge in [0.2, 0.25) is 0 Å². The first-order valence-corrected chi connectivity index (χ1v) is 16.1. The second kappa shape index (κ2) is 13.8. The van der Waals surface area contributed by atoms with Crippen molar-refractivity contribution in [3.05, 3.63) is 102 Å². The number of aromatic carboxylic acids is 1. The number of ether oxygens (including phenoxy) is 1. The van der Waals surface area contributed by atoms with Crippen molar-refractivity contribution >= 4 is 102 Å². The number of rotatable bonds is 6. The van der Waals surface area contributed by atoms with Crippen LogP contribution < -0.4 is 10.6 Å². The van der Waals surface area contributed by atoms with Gasteiger partial charge in [0, 0.05) is 32.6 Å². The third kappa shape index (κ3) is 6.88. The van der Waals surface area contributed by atoms with Crippen LogP contribution in [-0.4, -0.2) is 43.3 Å². The van der Waals surface area contributed by atoms with Crippen LogP contribution in [0, 0.1) is 32.6 Å². The lowest BCUT2D eigenvalue weighted by Gasteiger charge is -2.15. The number of imidazole rings is 2. The summed E-state index contributed by atoms with van der Waals surface area (Å²) in [6, 6.07) is 14.3. The van der Waals surface area contributed by atoms with Gasteiger partial charge in [-0.25, -0.2) is 28.3 Å². The van der Waals surface area contributed by atoms with Gasteiger partial charge in [0.1, 0.15) is 11.0 Å². The van der Waals surface area contributed by atoms with Crippen LogP contribution in [0.5, 0.6) is 0 Å². The minimum Gasteiger partial charge on any atom is -0.478 e. The number of carboxylic acids is 1. The van der Waals surface area contributed by atoms with Crippen LogP contribution in [0.2, 0.25) is 0 Å². The van der Waals surface area contributed by atoms with Gasteiger partial charge < -0.3 is 29.6 Å². The fraction of sp³-hybridized carbons (Fsp3) is 0.152. The number of carbonyl (C=O) groups excluding carboxylic acids is 1.